The number of H-pyrrole nitrogens is 2. The molecule has 2 rings (SSSR count). The highest BCUT2D eigenvalue weighted by molar-refractivity contribution is 8.24. The van der Waals surface area contributed by atoms with Gasteiger partial charge in [0.25, 0.3) is 5.56 Å². The van der Waals surface area contributed by atoms with E-state index in [0.717, 1.165) is 5.56 Å². The van der Waals surface area contributed by atoms with Crippen molar-refractivity contribution in [2.75, 3.05) is 0 Å². The zero-order valence-electron chi connectivity index (χ0n) is 11.6. The maximum Gasteiger partial charge on any atom is 0.339 e. The number of aromatic nitrogens is 4. The Morgan fingerprint density at radius 2 is 1.52 bits per heavy atom. The first-order valence-electron chi connectivity index (χ1n) is 5.52. The maximum atomic E-state index is 10.6. The molecule has 0 bridgehead atoms. The highest BCUT2D eigenvalue weighted by atomic mass is 36.0. The number of hydrogen-bond donors (Lipinski definition) is 2. The lowest BCUT2D eigenvalue weighted by Crippen LogP contribution is -2.22. The molecule has 0 aromatic carbocycles. The molecule has 2 heterocycles. The van der Waals surface area contributed by atoms with Crippen LogP contribution in [0, 0.1) is 13.8 Å². The van der Waals surface area contributed by atoms with Crippen LogP contribution in [0.5, 0.6) is 0 Å². The van der Waals surface area contributed by atoms with Gasteiger partial charge in [-0.1, -0.05) is 26.5 Å². The van der Waals surface area contributed by atoms with E-state index >= 15 is 0 Å². The Kier molecular flexibility index (Phi) is 15.9. The van der Waals surface area contributed by atoms with Crippen molar-refractivity contribution in [1.82, 2.24) is 19.9 Å². The molecule has 2 N–H and O–H groups in total. The molecule has 0 fully saturated rings. The standard InChI is InChI=1S/C5H4Cl2N2.C5H6N2O2.2CH4.Cl3OP/c1-3-2-8-5(7)9-4(3)6;1-3-2-6-5(9)7-4(3)8;;;1-5(2,3)4/h2H,1H3;2H,1H3,(H2,6,7,8,9);2*1H4;. The monoisotopic (exact) mass is 472 g/mol. The molecule has 144 valence electrons. The van der Waals surface area contributed by atoms with Crippen LogP contribution in [0.2, 0.25) is 10.4 Å². The third kappa shape index (κ3) is 16.6. The van der Waals surface area contributed by atoms with Gasteiger partial charge in [-0.25, -0.2) is 14.8 Å². The lowest BCUT2D eigenvalue weighted by Gasteiger charge is -1.92. The fourth-order valence-corrected chi connectivity index (χ4v) is 1.18. The molecule has 13 heteroatoms. The molecule has 0 amide bonds. The second-order valence-corrected chi connectivity index (χ2v) is 11.1. The first kappa shape index (κ1) is 29.2. The average molecular weight is 475 g/mol. The Morgan fingerprint density at radius 1 is 1.04 bits per heavy atom. The lowest BCUT2D eigenvalue weighted by molar-refractivity contribution is 0.600. The van der Waals surface area contributed by atoms with E-state index in [1.54, 1.807) is 13.1 Å². The summed E-state index contributed by atoms with van der Waals surface area (Å²) in [6, 6.07) is 0. The van der Waals surface area contributed by atoms with Crippen molar-refractivity contribution in [2.24, 2.45) is 0 Å². The molecule has 0 spiro atoms. The topological polar surface area (TPSA) is 109 Å². The van der Waals surface area contributed by atoms with Gasteiger partial charge in [0.1, 0.15) is 5.15 Å². The molecule has 2 aromatic rings. The molecule has 0 aliphatic carbocycles. The predicted molar refractivity (Wildman–Crippen MR) is 108 cm³/mol. The van der Waals surface area contributed by atoms with Crippen molar-refractivity contribution in [3.8, 4) is 0 Å². The number of rotatable bonds is 0. The van der Waals surface area contributed by atoms with Gasteiger partial charge in [0.05, 0.1) is 0 Å². The first-order valence-corrected chi connectivity index (χ1v) is 10.7. The van der Waals surface area contributed by atoms with Crippen LogP contribution in [0.25, 0.3) is 0 Å². The second kappa shape index (κ2) is 13.6. The molecule has 7 nitrogen and oxygen atoms in total. The van der Waals surface area contributed by atoms with Gasteiger partial charge >= 0.3 is 10.9 Å². The van der Waals surface area contributed by atoms with Crippen LogP contribution in [-0.4, -0.2) is 19.9 Å². The lowest BCUT2D eigenvalue weighted by atomic mass is 10.4. The van der Waals surface area contributed by atoms with Gasteiger partial charge in [0, 0.05) is 23.5 Å². The summed E-state index contributed by atoms with van der Waals surface area (Å²) in [6.07, 6.45) is 2.96. The SMILES string of the molecule is C.C.Cc1c[nH]c(=O)[nH]c1=O.Cc1cnc(Cl)nc1Cl.O=P(Cl)(Cl)Cl. The quantitative estimate of drug-likeness (QED) is 0.296. The Labute approximate surface area is 169 Å². The van der Waals surface area contributed by atoms with Gasteiger partial charge in [0.15, 0.2) is 0 Å². The van der Waals surface area contributed by atoms with Crippen LogP contribution >= 0.6 is 62.1 Å². The second-order valence-electron chi connectivity index (χ2n) is 3.77. The minimum absolute atomic E-state index is 0. The molecule has 0 aliphatic rings. The van der Waals surface area contributed by atoms with Crippen molar-refractivity contribution in [1.29, 1.82) is 0 Å². The summed E-state index contributed by atoms with van der Waals surface area (Å²) in [7, 11) is 0. The fourth-order valence-electron chi connectivity index (χ4n) is 0.879. The molecule has 0 unspecified atom stereocenters. The fraction of sp³-hybridized carbons (Fsp3) is 0.333. The van der Waals surface area contributed by atoms with Crippen LogP contribution in [-0.2, 0) is 4.57 Å². The predicted octanol–water partition coefficient (Wildman–Crippen LogP) is 5.55. The third-order valence-electron chi connectivity index (χ3n) is 1.89. The van der Waals surface area contributed by atoms with Crippen molar-refractivity contribution in [3.63, 3.8) is 0 Å². The average Bonchev–Trinajstić information content (AvgIpc) is 2.38. The molecule has 0 atom stereocenters. The zero-order chi connectivity index (χ0) is 18.2. The maximum absolute atomic E-state index is 10.6. The van der Waals surface area contributed by atoms with E-state index in [2.05, 4.69) is 53.7 Å². The van der Waals surface area contributed by atoms with E-state index in [4.69, 9.17) is 23.2 Å². The molecular formula is C12H18Cl5N4O3P. The van der Waals surface area contributed by atoms with Gasteiger partial charge in [0.2, 0.25) is 5.28 Å². The summed E-state index contributed by atoms with van der Waals surface area (Å²) in [5.41, 5.74) is 0.542. The highest BCUT2D eigenvalue weighted by Gasteiger charge is 2.03. The van der Waals surface area contributed by atoms with Gasteiger partial charge in [-0.2, -0.15) is 0 Å². The van der Waals surface area contributed by atoms with E-state index in [0.29, 0.717) is 10.7 Å². The summed E-state index contributed by atoms with van der Waals surface area (Å²) in [5.74, 6) is 0. The van der Waals surface area contributed by atoms with E-state index in [1.165, 1.54) is 6.20 Å². The van der Waals surface area contributed by atoms with Gasteiger partial charge in [-0.05, 0) is 59.2 Å². The normalized spacial score (nSPS) is 9.24. The summed E-state index contributed by atoms with van der Waals surface area (Å²) < 4.78 is 9.51. The van der Waals surface area contributed by atoms with Crippen molar-refractivity contribution >= 4 is 62.1 Å². The summed E-state index contributed by atoms with van der Waals surface area (Å²) in [5, 5.41) is -2.62. The van der Waals surface area contributed by atoms with Crippen LogP contribution in [0.3, 0.4) is 0 Å². The summed E-state index contributed by atoms with van der Waals surface area (Å²) in [6.45, 7) is 3.44. The Hall–Kier alpha value is -0.560. The van der Waals surface area contributed by atoms with Crippen LogP contribution < -0.4 is 11.2 Å². The number of nitrogens with zero attached hydrogens (tertiary/aromatic N) is 2. The van der Waals surface area contributed by atoms with E-state index < -0.39 is 10.9 Å². The molecule has 25 heavy (non-hydrogen) atoms. The summed E-state index contributed by atoms with van der Waals surface area (Å²) in [4.78, 5) is 32.7. The zero-order valence-corrected chi connectivity index (χ0v) is 16.3. The number of nitrogens with one attached hydrogen (secondary N) is 2. The van der Waals surface area contributed by atoms with E-state index in [-0.39, 0.29) is 25.7 Å². The number of halogens is 5. The Balaban J connectivity index is -0.000000291. The smallest absolute Gasteiger partial charge is 0.314 e. The van der Waals surface area contributed by atoms with Crippen LogP contribution in [0.4, 0.5) is 0 Å². The van der Waals surface area contributed by atoms with Gasteiger partial charge in [-0.15, -0.1) is 0 Å². The molecule has 0 aliphatic heterocycles. The minimum Gasteiger partial charge on any atom is -0.314 e. The first-order chi connectivity index (χ1) is 10.4. The molecule has 0 radical (unpaired) electrons. The van der Waals surface area contributed by atoms with Crippen LogP contribution in [0.1, 0.15) is 26.0 Å². The van der Waals surface area contributed by atoms with Crippen LogP contribution in [0.15, 0.2) is 22.0 Å². The largest absolute Gasteiger partial charge is 0.339 e. The van der Waals surface area contributed by atoms with Gasteiger partial charge < -0.3 is 4.98 Å². The van der Waals surface area contributed by atoms with Gasteiger partial charge in [-0.3, -0.25) is 14.3 Å². The Morgan fingerprint density at radius 3 is 1.84 bits per heavy atom. The molecular weight excluding hydrogens is 456 g/mol. The molecule has 0 saturated heterocycles. The van der Waals surface area contributed by atoms with E-state index in [9.17, 15) is 14.2 Å². The van der Waals surface area contributed by atoms with E-state index in [1.807, 2.05) is 6.92 Å². The number of hydrogen-bond acceptors (Lipinski definition) is 5. The Bertz CT molecular complexity index is 798. The van der Waals surface area contributed by atoms with Crippen molar-refractivity contribution in [3.05, 3.63) is 54.8 Å². The third-order valence-corrected chi connectivity index (χ3v) is 2.45. The minimum atomic E-state index is -3.22. The molecule has 2 aromatic heterocycles. The highest BCUT2D eigenvalue weighted by Crippen LogP contribution is 2.61. The molecule has 0 saturated carbocycles. The van der Waals surface area contributed by atoms with Crippen molar-refractivity contribution in [2.45, 2.75) is 28.7 Å². The number of aryl methyl sites for hydroxylation is 2. The van der Waals surface area contributed by atoms with Crippen molar-refractivity contribution < 1.29 is 4.57 Å². The number of aromatic amines is 2. The summed E-state index contributed by atoms with van der Waals surface area (Å²) >= 11 is 24.8.